The van der Waals surface area contributed by atoms with Gasteiger partial charge in [-0.1, -0.05) is 23.7 Å². The zero-order valence-electron chi connectivity index (χ0n) is 11.1. The summed E-state index contributed by atoms with van der Waals surface area (Å²) in [6.45, 7) is 2.52. The van der Waals surface area contributed by atoms with E-state index >= 15 is 0 Å². The third-order valence-corrected chi connectivity index (χ3v) is 3.61. The van der Waals surface area contributed by atoms with Crippen LogP contribution in [0.25, 0.3) is 0 Å². The molecule has 0 spiro atoms. The van der Waals surface area contributed by atoms with Gasteiger partial charge in [0.1, 0.15) is 0 Å². The zero-order valence-corrected chi connectivity index (χ0v) is 11.8. The molecule has 0 aliphatic carbocycles. The number of morpholine rings is 1. The Balaban J connectivity index is 2.08. The Morgan fingerprint density at radius 1 is 1.50 bits per heavy atom. The van der Waals surface area contributed by atoms with Gasteiger partial charge in [-0.25, -0.2) is 4.79 Å². The molecule has 20 heavy (non-hydrogen) atoms. The molecule has 2 atom stereocenters. The van der Waals surface area contributed by atoms with E-state index in [-0.39, 0.29) is 25.0 Å². The average molecular weight is 298 g/mol. The normalized spacial score (nSPS) is 20.5. The fourth-order valence-electron chi connectivity index (χ4n) is 2.19. The zero-order chi connectivity index (χ0) is 14.7. The van der Waals surface area contributed by atoms with Crippen LogP contribution >= 0.6 is 11.6 Å². The Morgan fingerprint density at radius 2 is 2.25 bits per heavy atom. The summed E-state index contributed by atoms with van der Waals surface area (Å²) >= 11 is 5.92. The minimum Gasteiger partial charge on any atom is -0.479 e. The summed E-state index contributed by atoms with van der Waals surface area (Å²) in [4.78, 5) is 24.9. The first-order valence-electron chi connectivity index (χ1n) is 6.37. The van der Waals surface area contributed by atoms with Gasteiger partial charge < -0.3 is 14.7 Å². The van der Waals surface area contributed by atoms with Crippen molar-refractivity contribution in [2.24, 2.45) is 0 Å². The largest absolute Gasteiger partial charge is 0.479 e. The topological polar surface area (TPSA) is 66.8 Å². The highest BCUT2D eigenvalue weighted by Gasteiger charge is 2.31. The first kappa shape index (κ1) is 14.8. The fourth-order valence-corrected chi connectivity index (χ4v) is 2.39. The molecule has 0 radical (unpaired) electrons. The van der Waals surface area contributed by atoms with E-state index in [4.69, 9.17) is 21.4 Å². The summed E-state index contributed by atoms with van der Waals surface area (Å²) < 4.78 is 5.11. The minimum atomic E-state index is -1.04. The van der Waals surface area contributed by atoms with Crippen molar-refractivity contribution >= 4 is 23.5 Å². The van der Waals surface area contributed by atoms with E-state index in [0.717, 1.165) is 5.56 Å². The number of hydrogen-bond donors (Lipinski definition) is 1. The molecule has 1 amide bonds. The van der Waals surface area contributed by atoms with Crippen LogP contribution in [0.1, 0.15) is 18.4 Å². The molecule has 0 aromatic heterocycles. The molecule has 1 fully saturated rings. The van der Waals surface area contributed by atoms with E-state index in [1.54, 1.807) is 25.1 Å². The SMILES string of the molecule is C[C@H](C(=O)N1CCO[C@H](C(=O)O)C1)c1cccc(Cl)c1. The Hall–Kier alpha value is -1.59. The van der Waals surface area contributed by atoms with Crippen molar-refractivity contribution in [3.05, 3.63) is 34.9 Å². The summed E-state index contributed by atoms with van der Waals surface area (Å²) in [6.07, 6.45) is -0.945. The number of nitrogens with zero attached hydrogens (tertiary/aromatic N) is 1. The molecule has 0 bridgehead atoms. The second kappa shape index (κ2) is 6.24. The van der Waals surface area contributed by atoms with Crippen LogP contribution in [-0.4, -0.2) is 47.7 Å². The number of amides is 1. The average Bonchev–Trinajstić information content (AvgIpc) is 2.45. The number of carboxylic acids is 1. The van der Waals surface area contributed by atoms with Gasteiger partial charge in [0.15, 0.2) is 6.10 Å². The number of benzene rings is 1. The lowest BCUT2D eigenvalue weighted by Gasteiger charge is -2.32. The highest BCUT2D eigenvalue weighted by atomic mass is 35.5. The Labute approximate surface area is 122 Å². The van der Waals surface area contributed by atoms with Gasteiger partial charge in [0.05, 0.1) is 19.1 Å². The van der Waals surface area contributed by atoms with E-state index in [9.17, 15) is 9.59 Å². The maximum atomic E-state index is 12.4. The Bertz CT molecular complexity index is 520. The second-order valence-corrected chi connectivity index (χ2v) is 5.20. The van der Waals surface area contributed by atoms with Gasteiger partial charge in [0, 0.05) is 11.6 Å². The van der Waals surface area contributed by atoms with E-state index < -0.39 is 12.1 Å². The second-order valence-electron chi connectivity index (χ2n) is 4.76. The van der Waals surface area contributed by atoms with Gasteiger partial charge in [-0.15, -0.1) is 0 Å². The van der Waals surface area contributed by atoms with Crippen molar-refractivity contribution < 1.29 is 19.4 Å². The van der Waals surface area contributed by atoms with Crippen LogP contribution in [-0.2, 0) is 14.3 Å². The quantitative estimate of drug-likeness (QED) is 0.923. The summed E-state index contributed by atoms with van der Waals surface area (Å²) in [5.41, 5.74) is 0.820. The molecule has 1 saturated heterocycles. The minimum absolute atomic E-state index is 0.0824. The third-order valence-electron chi connectivity index (χ3n) is 3.37. The molecule has 1 N–H and O–H groups in total. The lowest BCUT2D eigenvalue weighted by atomic mass is 9.99. The van der Waals surface area contributed by atoms with E-state index in [0.29, 0.717) is 11.6 Å². The molecule has 0 saturated carbocycles. The Morgan fingerprint density at radius 3 is 2.90 bits per heavy atom. The van der Waals surface area contributed by atoms with Gasteiger partial charge in [0.25, 0.3) is 0 Å². The number of carbonyl (C=O) groups excluding carboxylic acids is 1. The molecule has 1 aliphatic heterocycles. The number of carboxylic acid groups (broad SMARTS) is 1. The molecule has 108 valence electrons. The van der Waals surface area contributed by atoms with Crippen molar-refractivity contribution in [2.75, 3.05) is 19.7 Å². The number of aliphatic carboxylic acids is 1. The monoisotopic (exact) mass is 297 g/mol. The first-order valence-corrected chi connectivity index (χ1v) is 6.75. The predicted molar refractivity (Wildman–Crippen MR) is 73.8 cm³/mol. The lowest BCUT2D eigenvalue weighted by molar-refractivity contribution is -0.159. The number of halogens is 1. The van der Waals surface area contributed by atoms with Crippen molar-refractivity contribution in [3.63, 3.8) is 0 Å². The Kier molecular flexibility index (Phi) is 4.62. The van der Waals surface area contributed by atoms with Crippen LogP contribution in [0.2, 0.25) is 5.02 Å². The van der Waals surface area contributed by atoms with Gasteiger partial charge >= 0.3 is 5.97 Å². The van der Waals surface area contributed by atoms with Crippen LogP contribution in [0, 0.1) is 0 Å². The van der Waals surface area contributed by atoms with E-state index in [1.807, 2.05) is 6.07 Å². The highest BCUT2D eigenvalue weighted by Crippen LogP contribution is 2.22. The molecule has 1 aromatic carbocycles. The molecule has 1 heterocycles. The number of rotatable bonds is 3. The van der Waals surface area contributed by atoms with Crippen LogP contribution < -0.4 is 0 Å². The third kappa shape index (κ3) is 3.29. The standard InChI is InChI=1S/C14H16ClNO4/c1-9(10-3-2-4-11(15)7-10)13(17)16-5-6-20-12(8-16)14(18)19/h2-4,7,9,12H,5-6,8H2,1H3,(H,18,19)/t9-,12-/m0/s1. The molecule has 1 aliphatic rings. The lowest BCUT2D eigenvalue weighted by Crippen LogP contribution is -2.49. The van der Waals surface area contributed by atoms with E-state index in [2.05, 4.69) is 0 Å². The van der Waals surface area contributed by atoms with Crippen LogP contribution in [0.3, 0.4) is 0 Å². The van der Waals surface area contributed by atoms with Gasteiger partial charge in [-0.05, 0) is 24.6 Å². The van der Waals surface area contributed by atoms with Crippen molar-refractivity contribution in [3.8, 4) is 0 Å². The van der Waals surface area contributed by atoms with Gasteiger partial charge in [-0.2, -0.15) is 0 Å². The predicted octanol–water partition coefficient (Wildman–Crippen LogP) is 1.76. The maximum Gasteiger partial charge on any atom is 0.334 e. The molecule has 6 heteroatoms. The summed E-state index contributed by atoms with van der Waals surface area (Å²) in [6, 6.07) is 7.13. The van der Waals surface area contributed by atoms with Crippen molar-refractivity contribution in [1.29, 1.82) is 0 Å². The maximum absolute atomic E-state index is 12.4. The molecular weight excluding hydrogens is 282 g/mol. The van der Waals surface area contributed by atoms with E-state index in [1.165, 1.54) is 4.90 Å². The number of hydrogen-bond acceptors (Lipinski definition) is 3. The molecule has 5 nitrogen and oxygen atoms in total. The molecule has 1 aromatic rings. The van der Waals surface area contributed by atoms with Crippen molar-refractivity contribution in [2.45, 2.75) is 18.9 Å². The van der Waals surface area contributed by atoms with Crippen LogP contribution in [0.4, 0.5) is 0 Å². The van der Waals surface area contributed by atoms with Crippen molar-refractivity contribution in [1.82, 2.24) is 4.90 Å². The molecular formula is C14H16ClNO4. The first-order chi connectivity index (χ1) is 9.49. The smallest absolute Gasteiger partial charge is 0.334 e. The highest BCUT2D eigenvalue weighted by molar-refractivity contribution is 6.30. The van der Waals surface area contributed by atoms with Gasteiger partial charge in [-0.3, -0.25) is 4.79 Å². The van der Waals surface area contributed by atoms with Crippen LogP contribution in [0.15, 0.2) is 24.3 Å². The fraction of sp³-hybridized carbons (Fsp3) is 0.429. The summed E-state index contributed by atoms with van der Waals surface area (Å²) in [7, 11) is 0. The van der Waals surface area contributed by atoms with Gasteiger partial charge in [0.2, 0.25) is 5.91 Å². The molecule has 0 unspecified atom stereocenters. The van der Waals surface area contributed by atoms with Crippen LogP contribution in [0.5, 0.6) is 0 Å². The summed E-state index contributed by atoms with van der Waals surface area (Å²) in [5.74, 6) is -1.51. The number of ether oxygens (including phenoxy) is 1. The molecule has 2 rings (SSSR count). The summed E-state index contributed by atoms with van der Waals surface area (Å²) in [5, 5.41) is 9.53. The number of carbonyl (C=O) groups is 2.